The van der Waals surface area contributed by atoms with Crippen LogP contribution < -0.4 is 0 Å². The van der Waals surface area contributed by atoms with Crippen LogP contribution in [0.3, 0.4) is 0 Å². The number of aliphatic hydroxyl groups excluding tert-OH is 1. The van der Waals surface area contributed by atoms with Crippen LogP contribution in [0.25, 0.3) is 0 Å². The third-order valence-corrected chi connectivity index (χ3v) is 2.04. The van der Waals surface area contributed by atoms with E-state index in [0.29, 0.717) is 12.5 Å². The largest absolute Gasteiger partial charge is 0.395 e. The third-order valence-electron chi connectivity index (χ3n) is 2.04. The highest BCUT2D eigenvalue weighted by Crippen LogP contribution is 2.03. The Morgan fingerprint density at radius 3 is 2.50 bits per heavy atom. The summed E-state index contributed by atoms with van der Waals surface area (Å²) in [6.07, 6.45) is 1.06. The van der Waals surface area contributed by atoms with Gasteiger partial charge in [0.2, 0.25) is 5.91 Å². The highest BCUT2D eigenvalue weighted by atomic mass is 16.3. The van der Waals surface area contributed by atoms with E-state index in [1.54, 1.807) is 4.90 Å². The Labute approximate surface area is 74.4 Å². The Kier molecular flexibility index (Phi) is 5.72. The van der Waals surface area contributed by atoms with Crippen LogP contribution in [0.5, 0.6) is 0 Å². The summed E-state index contributed by atoms with van der Waals surface area (Å²) in [4.78, 5) is 12.7. The molecule has 0 aliphatic carbocycles. The average molecular weight is 173 g/mol. The van der Waals surface area contributed by atoms with Gasteiger partial charge in [-0.3, -0.25) is 4.79 Å². The van der Waals surface area contributed by atoms with Crippen molar-refractivity contribution in [3.63, 3.8) is 0 Å². The minimum absolute atomic E-state index is 0.0457. The molecule has 0 aromatic heterocycles. The van der Waals surface area contributed by atoms with Crippen LogP contribution in [-0.4, -0.2) is 35.6 Å². The highest BCUT2D eigenvalue weighted by Gasteiger charge is 2.10. The second kappa shape index (κ2) is 6.00. The van der Waals surface area contributed by atoms with Gasteiger partial charge in [0.05, 0.1) is 6.61 Å². The Morgan fingerprint density at radius 1 is 1.58 bits per heavy atom. The van der Waals surface area contributed by atoms with E-state index in [1.807, 2.05) is 0 Å². The molecule has 0 aromatic rings. The lowest BCUT2D eigenvalue weighted by Gasteiger charge is -2.23. The number of nitrogens with zero attached hydrogens (tertiary/aromatic N) is 1. The summed E-state index contributed by atoms with van der Waals surface area (Å²) in [5, 5.41) is 8.68. The van der Waals surface area contributed by atoms with Crippen molar-refractivity contribution in [1.82, 2.24) is 4.90 Å². The van der Waals surface area contributed by atoms with E-state index in [1.165, 1.54) is 6.92 Å². The monoisotopic (exact) mass is 173 g/mol. The molecule has 1 atom stereocenters. The second-order valence-corrected chi connectivity index (χ2v) is 3.20. The molecule has 0 aromatic carbocycles. The molecule has 0 fully saturated rings. The number of carbonyl (C=O) groups is 1. The summed E-state index contributed by atoms with van der Waals surface area (Å²) < 4.78 is 0. The molecule has 72 valence electrons. The maximum Gasteiger partial charge on any atom is 0.219 e. The second-order valence-electron chi connectivity index (χ2n) is 3.20. The molecule has 0 heterocycles. The Morgan fingerprint density at radius 2 is 2.17 bits per heavy atom. The van der Waals surface area contributed by atoms with E-state index in [-0.39, 0.29) is 12.5 Å². The molecule has 0 aliphatic rings. The predicted octanol–water partition coefficient (Wildman–Crippen LogP) is 0.873. The molecular weight excluding hydrogens is 154 g/mol. The average Bonchev–Trinajstić information content (AvgIpc) is 2.03. The first kappa shape index (κ1) is 11.4. The highest BCUT2D eigenvalue weighted by molar-refractivity contribution is 5.73. The molecule has 12 heavy (non-hydrogen) atoms. The van der Waals surface area contributed by atoms with Gasteiger partial charge < -0.3 is 10.0 Å². The van der Waals surface area contributed by atoms with Gasteiger partial charge >= 0.3 is 0 Å². The van der Waals surface area contributed by atoms with Gasteiger partial charge in [0, 0.05) is 20.0 Å². The zero-order valence-corrected chi connectivity index (χ0v) is 8.21. The van der Waals surface area contributed by atoms with Gasteiger partial charge in [0.15, 0.2) is 0 Å². The Hall–Kier alpha value is -0.570. The first-order valence-electron chi connectivity index (χ1n) is 4.48. The molecule has 0 saturated carbocycles. The zero-order chi connectivity index (χ0) is 9.56. The van der Waals surface area contributed by atoms with Gasteiger partial charge in [-0.25, -0.2) is 0 Å². The molecule has 0 aliphatic heterocycles. The van der Waals surface area contributed by atoms with Crippen molar-refractivity contribution in [3.05, 3.63) is 0 Å². The molecule has 0 radical (unpaired) electrons. The summed E-state index contributed by atoms with van der Waals surface area (Å²) >= 11 is 0. The van der Waals surface area contributed by atoms with Crippen LogP contribution in [0, 0.1) is 5.92 Å². The molecule has 1 amide bonds. The Balaban J connectivity index is 3.86. The zero-order valence-electron chi connectivity index (χ0n) is 8.21. The van der Waals surface area contributed by atoms with Gasteiger partial charge in [0.1, 0.15) is 0 Å². The fourth-order valence-electron chi connectivity index (χ4n) is 1.00. The maximum atomic E-state index is 11.0. The van der Waals surface area contributed by atoms with E-state index >= 15 is 0 Å². The lowest BCUT2D eigenvalue weighted by Crippen LogP contribution is -2.35. The lowest BCUT2D eigenvalue weighted by molar-refractivity contribution is -0.129. The summed E-state index contributed by atoms with van der Waals surface area (Å²) in [5.74, 6) is 0.560. The molecule has 0 saturated heterocycles. The predicted molar refractivity (Wildman–Crippen MR) is 48.8 cm³/mol. The van der Waals surface area contributed by atoms with Crippen LogP contribution in [0.4, 0.5) is 0 Å². The molecule has 0 spiro atoms. The van der Waals surface area contributed by atoms with Crippen LogP contribution >= 0.6 is 0 Å². The first-order valence-corrected chi connectivity index (χ1v) is 4.48. The van der Waals surface area contributed by atoms with Gasteiger partial charge in [-0.15, -0.1) is 0 Å². The molecule has 0 bridgehead atoms. The number of aliphatic hydroxyl groups is 1. The van der Waals surface area contributed by atoms with Crippen LogP contribution in [0.2, 0.25) is 0 Å². The van der Waals surface area contributed by atoms with E-state index < -0.39 is 0 Å². The van der Waals surface area contributed by atoms with Gasteiger partial charge in [-0.05, 0) is 5.92 Å². The summed E-state index contributed by atoms with van der Waals surface area (Å²) in [6.45, 7) is 7.01. The van der Waals surface area contributed by atoms with Crippen molar-refractivity contribution in [2.75, 3.05) is 19.7 Å². The summed E-state index contributed by atoms with van der Waals surface area (Å²) in [5.41, 5.74) is 0. The standard InChI is InChI=1S/C9H19NO2/c1-4-8(2)7-10(5-6-11)9(3)12/h8,11H,4-7H2,1-3H3. The molecule has 3 heteroatoms. The van der Waals surface area contributed by atoms with Crippen LogP contribution in [0.15, 0.2) is 0 Å². The van der Waals surface area contributed by atoms with Gasteiger partial charge in [-0.1, -0.05) is 20.3 Å². The van der Waals surface area contributed by atoms with E-state index in [4.69, 9.17) is 5.11 Å². The molecular formula is C9H19NO2. The van der Waals surface area contributed by atoms with E-state index in [0.717, 1.165) is 13.0 Å². The molecule has 1 unspecified atom stereocenters. The number of hydrogen-bond acceptors (Lipinski definition) is 2. The number of carbonyl (C=O) groups excluding carboxylic acids is 1. The van der Waals surface area contributed by atoms with Crippen molar-refractivity contribution in [2.24, 2.45) is 5.92 Å². The fourth-order valence-corrected chi connectivity index (χ4v) is 1.00. The quantitative estimate of drug-likeness (QED) is 0.670. The number of amides is 1. The lowest BCUT2D eigenvalue weighted by atomic mass is 10.1. The topological polar surface area (TPSA) is 40.5 Å². The number of hydrogen-bond donors (Lipinski definition) is 1. The van der Waals surface area contributed by atoms with Gasteiger partial charge in [0.25, 0.3) is 0 Å². The van der Waals surface area contributed by atoms with Crippen molar-refractivity contribution in [2.45, 2.75) is 27.2 Å². The Bertz CT molecular complexity index is 136. The summed E-state index contributed by atoms with van der Waals surface area (Å²) in [7, 11) is 0. The fraction of sp³-hybridized carbons (Fsp3) is 0.889. The minimum Gasteiger partial charge on any atom is -0.395 e. The van der Waals surface area contributed by atoms with Crippen LogP contribution in [0.1, 0.15) is 27.2 Å². The van der Waals surface area contributed by atoms with Crippen LogP contribution in [-0.2, 0) is 4.79 Å². The van der Waals surface area contributed by atoms with E-state index in [9.17, 15) is 4.79 Å². The molecule has 0 rings (SSSR count). The third kappa shape index (κ3) is 4.34. The maximum absolute atomic E-state index is 11.0. The normalized spacial score (nSPS) is 12.7. The van der Waals surface area contributed by atoms with Crippen molar-refractivity contribution >= 4 is 5.91 Å². The molecule has 3 nitrogen and oxygen atoms in total. The van der Waals surface area contributed by atoms with Crippen molar-refractivity contribution in [3.8, 4) is 0 Å². The summed E-state index contributed by atoms with van der Waals surface area (Å²) in [6, 6.07) is 0. The van der Waals surface area contributed by atoms with Crippen molar-refractivity contribution in [1.29, 1.82) is 0 Å². The van der Waals surface area contributed by atoms with E-state index in [2.05, 4.69) is 13.8 Å². The smallest absolute Gasteiger partial charge is 0.219 e. The number of rotatable bonds is 5. The van der Waals surface area contributed by atoms with Crippen molar-refractivity contribution < 1.29 is 9.90 Å². The molecule has 1 N–H and O–H groups in total. The minimum atomic E-state index is 0.0457. The SMILES string of the molecule is CCC(C)CN(CCO)C(C)=O. The van der Waals surface area contributed by atoms with Gasteiger partial charge in [-0.2, -0.15) is 0 Å². The first-order chi connectivity index (χ1) is 5.61.